The number of benzene rings is 1. The van der Waals surface area contributed by atoms with Gasteiger partial charge < -0.3 is 4.90 Å². The number of allylic oxidation sites excluding steroid dienone is 1. The number of hydrogen-bond donors (Lipinski definition) is 0. The molecule has 0 unspecified atom stereocenters. The highest BCUT2D eigenvalue weighted by atomic mass is 16.2. The van der Waals surface area contributed by atoms with Crippen LogP contribution in [-0.2, 0) is 9.59 Å². The van der Waals surface area contributed by atoms with Crippen molar-refractivity contribution in [1.29, 1.82) is 0 Å². The zero-order valence-corrected chi connectivity index (χ0v) is 12.5. The number of piperidine rings is 1. The predicted octanol–water partition coefficient (Wildman–Crippen LogP) is 2.92. The molecule has 1 spiro atoms. The maximum absolute atomic E-state index is 12.8. The van der Waals surface area contributed by atoms with E-state index in [-0.39, 0.29) is 17.6 Å². The molecule has 3 rings (SSSR count). The highest BCUT2D eigenvalue weighted by Gasteiger charge is 2.57. The second kappa shape index (κ2) is 5.14. The molecule has 3 heteroatoms. The smallest absolute Gasteiger partial charge is 0.236 e. The average Bonchev–Trinajstić information content (AvgIpc) is 2.88. The summed E-state index contributed by atoms with van der Waals surface area (Å²) in [5, 5.41) is 0. The van der Waals surface area contributed by atoms with Crippen molar-refractivity contribution < 1.29 is 9.59 Å². The summed E-state index contributed by atoms with van der Waals surface area (Å²) in [6.45, 7) is 4.94. The fourth-order valence-corrected chi connectivity index (χ4v) is 3.97. The van der Waals surface area contributed by atoms with Gasteiger partial charge in [0.05, 0.1) is 0 Å². The number of carbonyl (C=O) groups is 2. The van der Waals surface area contributed by atoms with Gasteiger partial charge in [-0.05, 0) is 30.4 Å². The predicted molar refractivity (Wildman–Crippen MR) is 82.5 cm³/mol. The molecule has 110 valence electrons. The molecule has 1 saturated carbocycles. The lowest BCUT2D eigenvalue weighted by molar-refractivity contribution is -0.153. The van der Waals surface area contributed by atoms with Crippen LogP contribution < -0.4 is 0 Å². The van der Waals surface area contributed by atoms with E-state index in [1.807, 2.05) is 30.3 Å². The van der Waals surface area contributed by atoms with E-state index in [0.717, 1.165) is 24.0 Å². The monoisotopic (exact) mass is 283 g/mol. The minimum absolute atomic E-state index is 0.00155. The third kappa shape index (κ3) is 2.03. The standard InChI is InChI=1S/C18H21NO2/c1-13(14-7-4-3-5-8-14)15-10-12-19(2)17(21)18(15)11-6-9-16(18)20/h3-5,7-8,15H,1,6,9-12H2,2H3/t15-,18+/m0/s1. The SMILES string of the molecule is C=C(c1ccccc1)[C@@H]1CCN(C)C(=O)[C@]12CCCC2=O. The minimum Gasteiger partial charge on any atom is -0.345 e. The van der Waals surface area contributed by atoms with Crippen molar-refractivity contribution in [2.45, 2.75) is 25.7 Å². The Kier molecular flexibility index (Phi) is 3.44. The molecule has 1 aliphatic carbocycles. The number of amides is 1. The van der Waals surface area contributed by atoms with Crippen LogP contribution in [0.4, 0.5) is 0 Å². The first-order chi connectivity index (χ1) is 10.1. The zero-order valence-electron chi connectivity index (χ0n) is 12.5. The highest BCUT2D eigenvalue weighted by molar-refractivity contribution is 6.09. The molecule has 1 amide bonds. The first-order valence-electron chi connectivity index (χ1n) is 7.60. The third-order valence-corrected chi connectivity index (χ3v) is 5.11. The van der Waals surface area contributed by atoms with Gasteiger partial charge >= 0.3 is 0 Å². The number of Topliss-reactive ketones (excluding diaryl/α,β-unsaturated/α-hetero) is 1. The van der Waals surface area contributed by atoms with E-state index in [9.17, 15) is 9.59 Å². The molecule has 1 aliphatic heterocycles. The van der Waals surface area contributed by atoms with Crippen LogP contribution in [0.1, 0.15) is 31.2 Å². The molecule has 1 saturated heterocycles. The van der Waals surface area contributed by atoms with Crippen LogP contribution in [0.25, 0.3) is 5.57 Å². The molecular weight excluding hydrogens is 262 g/mol. The fraction of sp³-hybridized carbons (Fsp3) is 0.444. The molecule has 2 fully saturated rings. The summed E-state index contributed by atoms with van der Waals surface area (Å²) in [5.41, 5.74) is 1.13. The van der Waals surface area contributed by atoms with Gasteiger partial charge in [-0.2, -0.15) is 0 Å². The summed E-state index contributed by atoms with van der Waals surface area (Å²) in [6.07, 6.45) is 2.84. The van der Waals surface area contributed by atoms with Gasteiger partial charge in [-0.25, -0.2) is 0 Å². The molecule has 0 bridgehead atoms. The fourth-order valence-electron chi connectivity index (χ4n) is 3.97. The van der Waals surface area contributed by atoms with Gasteiger partial charge in [0.25, 0.3) is 0 Å². The van der Waals surface area contributed by atoms with E-state index >= 15 is 0 Å². The van der Waals surface area contributed by atoms with Crippen molar-refractivity contribution in [2.24, 2.45) is 11.3 Å². The molecule has 1 aromatic carbocycles. The molecule has 3 nitrogen and oxygen atoms in total. The van der Waals surface area contributed by atoms with Gasteiger partial charge in [0.2, 0.25) is 5.91 Å². The third-order valence-electron chi connectivity index (χ3n) is 5.11. The number of likely N-dealkylation sites (tertiary alicyclic amines) is 1. The molecule has 0 N–H and O–H groups in total. The van der Waals surface area contributed by atoms with E-state index in [4.69, 9.17) is 0 Å². The van der Waals surface area contributed by atoms with Crippen LogP contribution in [0.15, 0.2) is 36.9 Å². The van der Waals surface area contributed by atoms with Crippen molar-refractivity contribution in [2.75, 3.05) is 13.6 Å². The molecule has 1 aromatic rings. The number of rotatable bonds is 2. The molecule has 21 heavy (non-hydrogen) atoms. The molecule has 2 aliphatic rings. The van der Waals surface area contributed by atoms with E-state index < -0.39 is 5.41 Å². The summed E-state index contributed by atoms with van der Waals surface area (Å²) in [5.74, 6) is 0.0538. The van der Waals surface area contributed by atoms with Crippen molar-refractivity contribution in [3.63, 3.8) is 0 Å². The first kappa shape index (κ1) is 14.1. The Bertz CT molecular complexity index is 592. The molecular formula is C18H21NO2. The van der Waals surface area contributed by atoms with Crippen molar-refractivity contribution in [1.82, 2.24) is 4.90 Å². The highest BCUT2D eigenvalue weighted by Crippen LogP contribution is 2.51. The summed E-state index contributed by atoms with van der Waals surface area (Å²) < 4.78 is 0. The number of ketones is 1. The van der Waals surface area contributed by atoms with Gasteiger partial charge in [-0.15, -0.1) is 0 Å². The maximum Gasteiger partial charge on any atom is 0.236 e. The van der Waals surface area contributed by atoms with Crippen molar-refractivity contribution >= 4 is 17.3 Å². The van der Waals surface area contributed by atoms with Crippen LogP contribution in [-0.4, -0.2) is 30.2 Å². The second-order valence-corrected chi connectivity index (χ2v) is 6.21. The van der Waals surface area contributed by atoms with Crippen LogP contribution in [0.2, 0.25) is 0 Å². The quantitative estimate of drug-likeness (QED) is 0.783. The lowest BCUT2D eigenvalue weighted by atomic mass is 9.64. The first-order valence-corrected chi connectivity index (χ1v) is 7.60. The maximum atomic E-state index is 12.8. The van der Waals surface area contributed by atoms with Gasteiger partial charge in [-0.1, -0.05) is 36.9 Å². The molecule has 0 radical (unpaired) electrons. The Labute approximate surface area is 125 Å². The largest absolute Gasteiger partial charge is 0.345 e. The van der Waals surface area contributed by atoms with Crippen molar-refractivity contribution in [3.8, 4) is 0 Å². The van der Waals surface area contributed by atoms with Gasteiger partial charge in [-0.3, -0.25) is 9.59 Å². The number of carbonyl (C=O) groups excluding carboxylic acids is 2. The van der Waals surface area contributed by atoms with E-state index in [2.05, 4.69) is 6.58 Å². The van der Waals surface area contributed by atoms with Gasteiger partial charge in [0.1, 0.15) is 11.2 Å². The average molecular weight is 283 g/mol. The topological polar surface area (TPSA) is 37.4 Å². The summed E-state index contributed by atoms with van der Waals surface area (Å²) in [7, 11) is 1.80. The Morgan fingerprint density at radius 2 is 2.00 bits per heavy atom. The van der Waals surface area contributed by atoms with E-state index in [1.165, 1.54) is 0 Å². The molecule has 2 atom stereocenters. The second-order valence-electron chi connectivity index (χ2n) is 6.21. The van der Waals surface area contributed by atoms with E-state index in [1.54, 1.807) is 11.9 Å². The van der Waals surface area contributed by atoms with Crippen LogP contribution in [0.5, 0.6) is 0 Å². The number of nitrogens with zero attached hydrogens (tertiary/aromatic N) is 1. The Balaban J connectivity index is 2.02. The Morgan fingerprint density at radius 1 is 1.29 bits per heavy atom. The van der Waals surface area contributed by atoms with Crippen LogP contribution in [0, 0.1) is 11.3 Å². The van der Waals surface area contributed by atoms with Gasteiger partial charge in [0.15, 0.2) is 0 Å². The molecule has 0 aromatic heterocycles. The van der Waals surface area contributed by atoms with E-state index in [0.29, 0.717) is 19.4 Å². The zero-order chi connectivity index (χ0) is 15.0. The minimum atomic E-state index is -0.847. The van der Waals surface area contributed by atoms with Gasteiger partial charge in [0, 0.05) is 25.9 Å². The Morgan fingerprint density at radius 3 is 2.62 bits per heavy atom. The summed E-state index contributed by atoms with van der Waals surface area (Å²) in [6, 6.07) is 9.93. The molecule has 1 heterocycles. The summed E-state index contributed by atoms with van der Waals surface area (Å²) >= 11 is 0. The van der Waals surface area contributed by atoms with Crippen LogP contribution in [0.3, 0.4) is 0 Å². The normalized spacial score (nSPS) is 29.2. The lowest BCUT2D eigenvalue weighted by Gasteiger charge is -2.43. The van der Waals surface area contributed by atoms with Crippen molar-refractivity contribution in [3.05, 3.63) is 42.5 Å². The lowest BCUT2D eigenvalue weighted by Crippen LogP contribution is -2.54. The van der Waals surface area contributed by atoms with Crippen LogP contribution >= 0.6 is 0 Å². The Hall–Kier alpha value is -1.90. The summed E-state index contributed by atoms with van der Waals surface area (Å²) in [4.78, 5) is 27.1. The number of hydrogen-bond acceptors (Lipinski definition) is 2.